The molecule has 0 saturated carbocycles. The van der Waals surface area contributed by atoms with Gasteiger partial charge in [0.05, 0.1) is 6.54 Å². The predicted molar refractivity (Wildman–Crippen MR) is 99.3 cm³/mol. The molecule has 3 heterocycles. The maximum atomic E-state index is 12.5. The quantitative estimate of drug-likeness (QED) is 0.782. The molecule has 1 aromatic carbocycles. The fraction of sp³-hybridized carbons (Fsp3) is 0.550. The Morgan fingerprint density at radius 2 is 2.11 bits per heavy atom. The summed E-state index contributed by atoms with van der Waals surface area (Å²) in [5.74, 6) is 2.67. The lowest BCUT2D eigenvalue weighted by Gasteiger charge is -2.40. The highest BCUT2D eigenvalue weighted by Crippen LogP contribution is 2.38. The molecule has 0 aliphatic carbocycles. The Morgan fingerprint density at radius 1 is 1.26 bits per heavy atom. The van der Waals surface area contributed by atoms with Crippen molar-refractivity contribution in [1.82, 2.24) is 19.7 Å². The highest BCUT2D eigenvalue weighted by Gasteiger charge is 2.36. The first kappa shape index (κ1) is 17.8. The summed E-state index contributed by atoms with van der Waals surface area (Å²) < 4.78 is 12.9. The van der Waals surface area contributed by atoms with Crippen molar-refractivity contribution < 1.29 is 14.3 Å². The SMILES string of the molecule is CCCn1cnnc1CN1CC(C)(Cc2ccc3c(c2)OCO3)CCC1=O. The first-order chi connectivity index (χ1) is 13.1. The number of rotatable bonds is 6. The lowest BCUT2D eigenvalue weighted by Crippen LogP contribution is -2.46. The van der Waals surface area contributed by atoms with E-state index in [1.165, 1.54) is 5.56 Å². The van der Waals surface area contributed by atoms with E-state index >= 15 is 0 Å². The van der Waals surface area contributed by atoms with Crippen LogP contribution in [0.15, 0.2) is 24.5 Å². The van der Waals surface area contributed by atoms with Crippen molar-refractivity contribution in [3.05, 3.63) is 35.9 Å². The maximum absolute atomic E-state index is 12.5. The molecule has 1 aromatic heterocycles. The molecule has 0 N–H and O–H groups in total. The summed E-state index contributed by atoms with van der Waals surface area (Å²) >= 11 is 0. The number of carbonyl (C=O) groups excluding carboxylic acids is 1. The number of benzene rings is 1. The summed E-state index contributed by atoms with van der Waals surface area (Å²) in [5, 5.41) is 8.24. The van der Waals surface area contributed by atoms with Crippen LogP contribution in [0.2, 0.25) is 0 Å². The topological polar surface area (TPSA) is 69.5 Å². The molecule has 2 aromatic rings. The van der Waals surface area contributed by atoms with Gasteiger partial charge in [-0.15, -0.1) is 10.2 Å². The number of hydrogen-bond donors (Lipinski definition) is 0. The van der Waals surface area contributed by atoms with Crippen LogP contribution in [0.5, 0.6) is 11.5 Å². The molecule has 144 valence electrons. The average molecular weight is 370 g/mol. The third-order valence-corrected chi connectivity index (χ3v) is 5.43. The average Bonchev–Trinajstić information content (AvgIpc) is 3.28. The minimum atomic E-state index is 0.0250. The fourth-order valence-electron chi connectivity index (χ4n) is 4.03. The van der Waals surface area contributed by atoms with E-state index in [4.69, 9.17) is 9.47 Å². The third-order valence-electron chi connectivity index (χ3n) is 5.43. The van der Waals surface area contributed by atoms with Crippen LogP contribution in [0.3, 0.4) is 0 Å². The molecule has 7 heteroatoms. The number of hydrogen-bond acceptors (Lipinski definition) is 5. The van der Waals surface area contributed by atoms with Gasteiger partial charge in [-0.3, -0.25) is 4.79 Å². The van der Waals surface area contributed by atoms with Gasteiger partial charge in [-0.2, -0.15) is 0 Å². The molecule has 0 bridgehead atoms. The molecule has 1 amide bonds. The highest BCUT2D eigenvalue weighted by atomic mass is 16.7. The molecule has 1 atom stereocenters. The molecule has 2 aliphatic heterocycles. The van der Waals surface area contributed by atoms with E-state index in [2.05, 4.69) is 36.2 Å². The second kappa shape index (κ2) is 7.21. The number of aromatic nitrogens is 3. The zero-order chi connectivity index (χ0) is 18.9. The van der Waals surface area contributed by atoms with Gasteiger partial charge in [-0.05, 0) is 42.4 Å². The van der Waals surface area contributed by atoms with E-state index in [1.54, 1.807) is 6.33 Å². The van der Waals surface area contributed by atoms with Crippen molar-refractivity contribution >= 4 is 5.91 Å². The second-order valence-electron chi connectivity index (χ2n) is 7.87. The van der Waals surface area contributed by atoms with E-state index in [0.29, 0.717) is 13.0 Å². The lowest BCUT2D eigenvalue weighted by molar-refractivity contribution is -0.138. The minimum absolute atomic E-state index is 0.0250. The molecule has 27 heavy (non-hydrogen) atoms. The molecule has 1 saturated heterocycles. The molecular weight excluding hydrogens is 344 g/mol. The van der Waals surface area contributed by atoms with Gasteiger partial charge in [-0.1, -0.05) is 19.9 Å². The van der Waals surface area contributed by atoms with E-state index in [0.717, 1.165) is 49.7 Å². The highest BCUT2D eigenvalue weighted by molar-refractivity contribution is 5.77. The van der Waals surface area contributed by atoms with Crippen molar-refractivity contribution in [2.45, 2.75) is 52.6 Å². The van der Waals surface area contributed by atoms with Gasteiger partial charge < -0.3 is 18.9 Å². The number of amides is 1. The first-order valence-electron chi connectivity index (χ1n) is 9.59. The number of aryl methyl sites for hydroxylation is 1. The van der Waals surface area contributed by atoms with Crippen molar-refractivity contribution in [1.29, 1.82) is 0 Å². The van der Waals surface area contributed by atoms with Crippen LogP contribution < -0.4 is 9.47 Å². The Labute approximate surface area is 159 Å². The van der Waals surface area contributed by atoms with Gasteiger partial charge in [0.25, 0.3) is 0 Å². The fourth-order valence-corrected chi connectivity index (χ4v) is 4.03. The van der Waals surface area contributed by atoms with Crippen LogP contribution in [-0.2, 0) is 24.3 Å². The first-order valence-corrected chi connectivity index (χ1v) is 9.59. The molecule has 0 radical (unpaired) electrons. The van der Waals surface area contributed by atoms with E-state index in [9.17, 15) is 4.79 Å². The lowest BCUT2D eigenvalue weighted by atomic mass is 9.76. The van der Waals surface area contributed by atoms with Crippen molar-refractivity contribution in [3.63, 3.8) is 0 Å². The van der Waals surface area contributed by atoms with Gasteiger partial charge in [0.15, 0.2) is 17.3 Å². The summed E-state index contributed by atoms with van der Waals surface area (Å²) in [6.45, 7) is 6.79. The number of ether oxygens (including phenoxy) is 2. The van der Waals surface area contributed by atoms with E-state index in [-0.39, 0.29) is 18.1 Å². The Morgan fingerprint density at radius 3 is 2.96 bits per heavy atom. The number of likely N-dealkylation sites (tertiary alicyclic amines) is 1. The smallest absolute Gasteiger partial charge is 0.231 e. The maximum Gasteiger partial charge on any atom is 0.231 e. The normalized spacial score (nSPS) is 21.7. The Bertz CT molecular complexity index is 834. The van der Waals surface area contributed by atoms with E-state index in [1.807, 2.05) is 15.5 Å². The van der Waals surface area contributed by atoms with Crippen molar-refractivity contribution in [2.75, 3.05) is 13.3 Å². The molecule has 4 rings (SSSR count). The van der Waals surface area contributed by atoms with Gasteiger partial charge >= 0.3 is 0 Å². The van der Waals surface area contributed by atoms with Gasteiger partial charge in [-0.25, -0.2) is 0 Å². The molecule has 7 nitrogen and oxygen atoms in total. The summed E-state index contributed by atoms with van der Waals surface area (Å²) in [7, 11) is 0. The van der Waals surface area contributed by atoms with Crippen molar-refractivity contribution in [2.24, 2.45) is 5.41 Å². The van der Waals surface area contributed by atoms with Gasteiger partial charge in [0.1, 0.15) is 6.33 Å². The molecular formula is C20H26N4O3. The molecule has 0 spiro atoms. The van der Waals surface area contributed by atoms with Crippen LogP contribution in [0, 0.1) is 5.41 Å². The monoisotopic (exact) mass is 370 g/mol. The summed E-state index contributed by atoms with van der Waals surface area (Å²) in [6, 6.07) is 6.13. The zero-order valence-electron chi connectivity index (χ0n) is 16.0. The van der Waals surface area contributed by atoms with E-state index < -0.39 is 0 Å². The van der Waals surface area contributed by atoms with Crippen LogP contribution in [0.25, 0.3) is 0 Å². The molecule has 2 aliphatic rings. The summed E-state index contributed by atoms with van der Waals surface area (Å²) in [5.41, 5.74) is 1.24. The number of fused-ring (bicyclic) bond motifs is 1. The third kappa shape index (κ3) is 3.77. The van der Waals surface area contributed by atoms with Gasteiger partial charge in [0, 0.05) is 19.5 Å². The van der Waals surface area contributed by atoms with Crippen LogP contribution in [0.4, 0.5) is 0 Å². The minimum Gasteiger partial charge on any atom is -0.454 e. The summed E-state index contributed by atoms with van der Waals surface area (Å²) in [4.78, 5) is 14.5. The van der Waals surface area contributed by atoms with Crippen LogP contribution in [0.1, 0.15) is 44.5 Å². The van der Waals surface area contributed by atoms with Crippen molar-refractivity contribution in [3.8, 4) is 11.5 Å². The Hall–Kier alpha value is -2.57. The van der Waals surface area contributed by atoms with Crippen LogP contribution in [-0.4, -0.2) is 38.9 Å². The molecule has 1 unspecified atom stereocenters. The largest absolute Gasteiger partial charge is 0.454 e. The van der Waals surface area contributed by atoms with Gasteiger partial charge in [0.2, 0.25) is 12.7 Å². The standard InChI is InChI=1S/C20H26N4O3/c1-3-8-23-13-21-22-18(23)11-24-12-20(2,7-6-19(24)25)10-15-4-5-16-17(9-15)27-14-26-16/h4-5,9,13H,3,6-8,10-12,14H2,1-2H3. The van der Waals surface area contributed by atoms with Crippen LogP contribution >= 0.6 is 0 Å². The zero-order valence-corrected chi connectivity index (χ0v) is 16.0. The second-order valence-corrected chi connectivity index (χ2v) is 7.87. The number of carbonyl (C=O) groups is 1. The number of nitrogens with zero attached hydrogens (tertiary/aromatic N) is 4. The Kier molecular flexibility index (Phi) is 4.76. The predicted octanol–water partition coefficient (Wildman–Crippen LogP) is 2.79. The summed E-state index contributed by atoms with van der Waals surface area (Å²) in [6.07, 6.45) is 5.12. The molecule has 1 fully saturated rings. The Balaban J connectivity index is 1.47. The number of piperidine rings is 1.